The zero-order valence-electron chi connectivity index (χ0n) is 10.5. The molecular formula is C15H12N2OS. The molecule has 3 nitrogen and oxygen atoms in total. The van der Waals surface area contributed by atoms with E-state index in [0.717, 1.165) is 21.6 Å². The van der Waals surface area contributed by atoms with Crippen LogP contribution in [0, 0.1) is 6.92 Å². The van der Waals surface area contributed by atoms with Crippen molar-refractivity contribution in [3.8, 4) is 0 Å². The number of aromatic nitrogens is 2. The average molecular weight is 268 g/mol. The van der Waals surface area contributed by atoms with Crippen LogP contribution in [0.1, 0.15) is 21.1 Å². The minimum atomic E-state index is 0.0851. The second-order valence-electron chi connectivity index (χ2n) is 4.39. The molecule has 0 aliphatic carbocycles. The first-order valence-electron chi connectivity index (χ1n) is 6.01. The molecule has 0 atom stereocenters. The molecule has 3 aromatic rings. The fourth-order valence-corrected chi connectivity index (χ4v) is 2.73. The summed E-state index contributed by atoms with van der Waals surface area (Å²) in [7, 11) is 0. The van der Waals surface area contributed by atoms with Crippen molar-refractivity contribution in [1.29, 1.82) is 0 Å². The molecule has 0 amide bonds. The standard InChI is InChI=1S/C15H12N2OS/c1-10-9-19-15(17-10)8-14(18)12-5-4-11-3-2-6-16-13(11)7-12/h2-7,9H,8H2,1H3. The van der Waals surface area contributed by atoms with Gasteiger partial charge in [0.25, 0.3) is 0 Å². The fraction of sp³-hybridized carbons (Fsp3) is 0.133. The molecule has 2 heterocycles. The van der Waals surface area contributed by atoms with Gasteiger partial charge in [-0.15, -0.1) is 11.3 Å². The number of hydrogen-bond acceptors (Lipinski definition) is 4. The Balaban J connectivity index is 1.89. The zero-order valence-corrected chi connectivity index (χ0v) is 11.3. The Labute approximate surface area is 115 Å². The van der Waals surface area contributed by atoms with Gasteiger partial charge >= 0.3 is 0 Å². The van der Waals surface area contributed by atoms with Gasteiger partial charge in [0.15, 0.2) is 5.78 Å². The summed E-state index contributed by atoms with van der Waals surface area (Å²) >= 11 is 1.53. The number of benzene rings is 1. The third-order valence-electron chi connectivity index (χ3n) is 2.91. The minimum absolute atomic E-state index is 0.0851. The molecule has 19 heavy (non-hydrogen) atoms. The number of pyridine rings is 1. The van der Waals surface area contributed by atoms with Crippen LogP contribution in [0.25, 0.3) is 10.9 Å². The number of ketones is 1. The highest BCUT2D eigenvalue weighted by Crippen LogP contribution is 2.16. The third kappa shape index (κ3) is 2.53. The van der Waals surface area contributed by atoms with Crippen molar-refractivity contribution in [1.82, 2.24) is 9.97 Å². The normalized spacial score (nSPS) is 10.8. The molecular weight excluding hydrogens is 256 g/mol. The number of fused-ring (bicyclic) bond motifs is 1. The summed E-state index contributed by atoms with van der Waals surface area (Å²) in [6, 6.07) is 9.51. The van der Waals surface area contributed by atoms with E-state index in [1.165, 1.54) is 11.3 Å². The summed E-state index contributed by atoms with van der Waals surface area (Å²) in [6.45, 7) is 1.93. The second kappa shape index (κ2) is 4.90. The van der Waals surface area contributed by atoms with E-state index in [9.17, 15) is 4.79 Å². The lowest BCUT2D eigenvalue weighted by Gasteiger charge is -2.01. The van der Waals surface area contributed by atoms with Crippen molar-refractivity contribution in [2.24, 2.45) is 0 Å². The largest absolute Gasteiger partial charge is 0.294 e. The Morgan fingerprint density at radius 3 is 3.00 bits per heavy atom. The summed E-state index contributed by atoms with van der Waals surface area (Å²) in [5.41, 5.74) is 2.51. The Morgan fingerprint density at radius 2 is 2.21 bits per heavy atom. The van der Waals surface area contributed by atoms with Crippen molar-refractivity contribution in [2.45, 2.75) is 13.3 Å². The number of rotatable bonds is 3. The van der Waals surface area contributed by atoms with Gasteiger partial charge in [-0.1, -0.05) is 18.2 Å². The van der Waals surface area contributed by atoms with Gasteiger partial charge in [0.1, 0.15) is 5.01 Å². The Hall–Kier alpha value is -2.07. The van der Waals surface area contributed by atoms with Crippen LogP contribution in [0.15, 0.2) is 41.9 Å². The van der Waals surface area contributed by atoms with Crippen LogP contribution in [0.2, 0.25) is 0 Å². The first-order valence-corrected chi connectivity index (χ1v) is 6.89. The molecule has 0 bridgehead atoms. The molecule has 0 spiro atoms. The molecule has 0 radical (unpaired) electrons. The van der Waals surface area contributed by atoms with Crippen LogP contribution >= 0.6 is 11.3 Å². The molecule has 0 aliphatic heterocycles. The molecule has 3 rings (SSSR count). The fourth-order valence-electron chi connectivity index (χ4n) is 1.96. The van der Waals surface area contributed by atoms with Crippen LogP contribution < -0.4 is 0 Å². The highest BCUT2D eigenvalue weighted by Gasteiger charge is 2.10. The average Bonchev–Trinajstić information content (AvgIpc) is 2.83. The summed E-state index contributed by atoms with van der Waals surface area (Å²) in [6.07, 6.45) is 2.09. The highest BCUT2D eigenvalue weighted by atomic mass is 32.1. The highest BCUT2D eigenvalue weighted by molar-refractivity contribution is 7.09. The first kappa shape index (κ1) is 12.0. The quantitative estimate of drug-likeness (QED) is 0.683. The van der Waals surface area contributed by atoms with Gasteiger partial charge in [-0.05, 0) is 19.1 Å². The van der Waals surface area contributed by atoms with Crippen LogP contribution in [0.3, 0.4) is 0 Å². The van der Waals surface area contributed by atoms with E-state index in [4.69, 9.17) is 0 Å². The molecule has 2 aromatic heterocycles. The van der Waals surface area contributed by atoms with Crippen LogP contribution in [0.5, 0.6) is 0 Å². The Kier molecular flexibility index (Phi) is 3.09. The van der Waals surface area contributed by atoms with Crippen LogP contribution in [-0.2, 0) is 6.42 Å². The van der Waals surface area contributed by atoms with E-state index in [0.29, 0.717) is 12.0 Å². The number of aryl methyl sites for hydroxylation is 1. The minimum Gasteiger partial charge on any atom is -0.294 e. The predicted molar refractivity (Wildman–Crippen MR) is 76.6 cm³/mol. The van der Waals surface area contributed by atoms with Gasteiger partial charge in [0, 0.05) is 28.2 Å². The number of carbonyl (C=O) groups is 1. The van der Waals surface area contributed by atoms with Gasteiger partial charge in [-0.3, -0.25) is 9.78 Å². The number of Topliss-reactive ketones (excluding diaryl/α,β-unsaturated/α-hetero) is 1. The van der Waals surface area contributed by atoms with Crippen molar-refractivity contribution >= 4 is 28.0 Å². The van der Waals surface area contributed by atoms with Crippen LogP contribution in [-0.4, -0.2) is 15.8 Å². The van der Waals surface area contributed by atoms with Crippen LogP contribution in [0.4, 0.5) is 0 Å². The number of nitrogens with zero attached hydrogens (tertiary/aromatic N) is 2. The maximum atomic E-state index is 12.2. The molecule has 0 saturated heterocycles. The maximum Gasteiger partial charge on any atom is 0.169 e. The lowest BCUT2D eigenvalue weighted by Crippen LogP contribution is -2.03. The van der Waals surface area contributed by atoms with Gasteiger partial charge in [-0.2, -0.15) is 0 Å². The lowest BCUT2D eigenvalue weighted by atomic mass is 10.1. The van der Waals surface area contributed by atoms with Crippen molar-refractivity contribution in [3.63, 3.8) is 0 Å². The molecule has 0 saturated carbocycles. The molecule has 4 heteroatoms. The Bertz CT molecular complexity index is 748. The maximum absolute atomic E-state index is 12.2. The second-order valence-corrected chi connectivity index (χ2v) is 5.34. The number of carbonyl (C=O) groups excluding carboxylic acids is 1. The summed E-state index contributed by atoms with van der Waals surface area (Å²) in [4.78, 5) is 20.8. The van der Waals surface area contributed by atoms with Crippen molar-refractivity contribution in [3.05, 3.63) is 58.2 Å². The first-order chi connectivity index (χ1) is 9.22. The molecule has 0 fully saturated rings. The smallest absolute Gasteiger partial charge is 0.169 e. The predicted octanol–water partition coefficient (Wildman–Crippen LogP) is 3.43. The van der Waals surface area contributed by atoms with Gasteiger partial charge in [-0.25, -0.2) is 4.98 Å². The van der Waals surface area contributed by atoms with Crippen molar-refractivity contribution in [2.75, 3.05) is 0 Å². The zero-order chi connectivity index (χ0) is 13.2. The molecule has 0 aliphatic rings. The molecule has 94 valence electrons. The van der Waals surface area contributed by atoms with Gasteiger partial charge < -0.3 is 0 Å². The summed E-state index contributed by atoms with van der Waals surface area (Å²) < 4.78 is 0. The number of hydrogen-bond donors (Lipinski definition) is 0. The molecule has 1 aromatic carbocycles. The van der Waals surface area contributed by atoms with E-state index in [-0.39, 0.29) is 5.78 Å². The van der Waals surface area contributed by atoms with E-state index >= 15 is 0 Å². The van der Waals surface area contributed by atoms with E-state index in [1.807, 2.05) is 42.6 Å². The third-order valence-corrected chi connectivity index (χ3v) is 3.87. The summed E-state index contributed by atoms with van der Waals surface area (Å²) in [5.74, 6) is 0.0851. The molecule has 0 unspecified atom stereocenters. The Morgan fingerprint density at radius 1 is 1.32 bits per heavy atom. The van der Waals surface area contributed by atoms with E-state index in [2.05, 4.69) is 9.97 Å². The van der Waals surface area contributed by atoms with Crippen molar-refractivity contribution < 1.29 is 4.79 Å². The lowest BCUT2D eigenvalue weighted by molar-refractivity contribution is 0.0993. The van der Waals surface area contributed by atoms with E-state index in [1.54, 1.807) is 6.20 Å². The number of thiazole rings is 1. The summed E-state index contributed by atoms with van der Waals surface area (Å²) in [5, 5.41) is 3.87. The molecule has 0 N–H and O–H groups in total. The van der Waals surface area contributed by atoms with Gasteiger partial charge in [0.2, 0.25) is 0 Å². The van der Waals surface area contributed by atoms with E-state index < -0.39 is 0 Å². The monoisotopic (exact) mass is 268 g/mol. The SMILES string of the molecule is Cc1csc(CC(=O)c2ccc3cccnc3c2)n1. The topological polar surface area (TPSA) is 42.9 Å². The van der Waals surface area contributed by atoms with Gasteiger partial charge in [0.05, 0.1) is 11.9 Å².